The van der Waals surface area contributed by atoms with Crippen LogP contribution in [0.5, 0.6) is 11.5 Å². The van der Waals surface area contributed by atoms with E-state index in [1.54, 1.807) is 9.80 Å². The molecule has 10 rings (SSSR count). The number of aromatic nitrogens is 2. The van der Waals surface area contributed by atoms with Gasteiger partial charge in [0.15, 0.2) is 35.3 Å². The van der Waals surface area contributed by atoms with Crippen molar-refractivity contribution in [3.8, 4) is 11.5 Å². The molecule has 6 atom stereocenters. The molecule has 4 aromatic rings. The summed E-state index contributed by atoms with van der Waals surface area (Å²) >= 11 is 0. The quantitative estimate of drug-likeness (QED) is 0.209. The number of hydrogen-bond donors (Lipinski definition) is 4. The summed E-state index contributed by atoms with van der Waals surface area (Å²) < 4.78 is 68.3. The molecule has 4 N–H and O–H groups in total. The molecule has 20 heteroatoms. The number of hydrogen-bond acceptors (Lipinski definition) is 10. The van der Waals surface area contributed by atoms with Crippen LogP contribution in [0.3, 0.4) is 0 Å². The number of carbonyl (C=O) groups is 4. The van der Waals surface area contributed by atoms with Gasteiger partial charge in [-0.1, -0.05) is 12.1 Å². The summed E-state index contributed by atoms with van der Waals surface area (Å²) in [6, 6.07) is 5.87. The summed E-state index contributed by atoms with van der Waals surface area (Å²) in [5.74, 6) is -7.47. The van der Waals surface area contributed by atoms with Crippen molar-refractivity contribution in [3.63, 3.8) is 0 Å². The van der Waals surface area contributed by atoms with E-state index in [-0.39, 0.29) is 84.1 Å². The lowest BCUT2D eigenvalue weighted by Crippen LogP contribution is -2.57. The SMILES string of the molecule is O=C(NCc1ccc(F)cc1F)c1cn2c(c(O)c1=O)C(=O)N1[C@@H]3CC[C@@H](C3)O[C@@H]1C2.O=C(NCc1ccc(F)cc1F)c1cn2c(c(O)c1=O)C(=O)N1[C@H]3CC[C@H](C3)O[C@@H]1C2. The van der Waals surface area contributed by atoms with Gasteiger partial charge >= 0.3 is 0 Å². The number of amides is 4. The lowest BCUT2D eigenvalue weighted by Gasteiger charge is -2.44. The molecule has 2 aromatic carbocycles. The van der Waals surface area contributed by atoms with Gasteiger partial charge in [-0.05, 0) is 50.7 Å². The average molecular weight is 863 g/mol. The maximum Gasteiger partial charge on any atom is 0.276 e. The van der Waals surface area contributed by atoms with Crippen LogP contribution >= 0.6 is 0 Å². The zero-order valence-corrected chi connectivity index (χ0v) is 32.6. The van der Waals surface area contributed by atoms with E-state index in [4.69, 9.17) is 9.47 Å². The number of halogens is 4. The van der Waals surface area contributed by atoms with Crippen LogP contribution in [0, 0.1) is 23.3 Å². The van der Waals surface area contributed by atoms with E-state index in [0.29, 0.717) is 12.1 Å². The highest BCUT2D eigenvalue weighted by molar-refractivity contribution is 6.00. The number of fused-ring (bicyclic) bond motifs is 10. The minimum absolute atomic E-state index is 0.00748. The predicted molar refractivity (Wildman–Crippen MR) is 205 cm³/mol. The highest BCUT2D eigenvalue weighted by Crippen LogP contribution is 2.40. The summed E-state index contributed by atoms with van der Waals surface area (Å²) in [6.07, 6.45) is 6.26. The Morgan fingerprint density at radius 2 is 1.03 bits per heavy atom. The van der Waals surface area contributed by atoms with Gasteiger partial charge in [0.2, 0.25) is 10.9 Å². The minimum Gasteiger partial charge on any atom is -0.503 e. The Morgan fingerprint density at radius 1 is 0.629 bits per heavy atom. The molecule has 6 heterocycles. The van der Waals surface area contributed by atoms with Crippen molar-refractivity contribution in [3.05, 3.63) is 126 Å². The topological polar surface area (TPSA) is 202 Å². The summed E-state index contributed by atoms with van der Waals surface area (Å²) in [5.41, 5.74) is -3.02. The zero-order valence-electron chi connectivity index (χ0n) is 32.6. The van der Waals surface area contributed by atoms with Crippen LogP contribution in [-0.4, -0.2) is 89.5 Å². The fraction of sp³-hybridized carbons (Fsp3) is 0.381. The number of carbonyl (C=O) groups excluding carboxylic acids is 4. The van der Waals surface area contributed by atoms with Gasteiger partial charge in [0, 0.05) is 60.8 Å². The first kappa shape index (κ1) is 40.8. The molecule has 6 aliphatic rings. The van der Waals surface area contributed by atoms with Crippen LogP contribution in [0.1, 0.15) is 91.3 Å². The Bertz CT molecular complexity index is 2510. The van der Waals surface area contributed by atoms with Crippen LogP contribution in [-0.2, 0) is 35.7 Å². The Labute approximate surface area is 348 Å². The second-order valence-electron chi connectivity index (χ2n) is 16.1. The standard InChI is InChI=1S/2C21H19F2N3O5/c2*22-11-2-1-10(15(23)5-11)7-24-20(29)14-8-25-9-16-26(12-3-4-13(6-12)31-16)21(30)17(25)19(28)18(14)27/h2*1-2,5,8,12-13,16,28H,3-4,6-7,9H2,(H,24,29)/t12-,13+,16+;12-,13+,16-/m01/s1. The van der Waals surface area contributed by atoms with Crippen molar-refractivity contribution in [1.29, 1.82) is 0 Å². The lowest BCUT2D eigenvalue weighted by molar-refractivity contribution is -0.132. The second kappa shape index (κ2) is 15.7. The predicted octanol–water partition coefficient (Wildman–Crippen LogP) is 2.99. The fourth-order valence-corrected chi connectivity index (χ4v) is 9.30. The van der Waals surface area contributed by atoms with Gasteiger partial charge in [-0.3, -0.25) is 28.8 Å². The smallest absolute Gasteiger partial charge is 0.276 e. The van der Waals surface area contributed by atoms with Crippen molar-refractivity contribution < 1.29 is 56.4 Å². The summed E-state index contributed by atoms with van der Waals surface area (Å²) in [4.78, 5) is 79.6. The third kappa shape index (κ3) is 7.15. The van der Waals surface area contributed by atoms with Crippen LogP contribution in [0.15, 0.2) is 58.4 Å². The van der Waals surface area contributed by atoms with E-state index in [0.717, 1.165) is 50.7 Å². The van der Waals surface area contributed by atoms with E-state index < -0.39 is 81.7 Å². The summed E-state index contributed by atoms with van der Waals surface area (Å²) in [6.45, 7) is -0.215. The minimum atomic E-state index is -0.989. The van der Waals surface area contributed by atoms with Crippen LogP contribution in [0.4, 0.5) is 17.6 Å². The van der Waals surface area contributed by atoms with Gasteiger partial charge < -0.3 is 49.3 Å². The third-order valence-electron chi connectivity index (χ3n) is 12.3. The van der Waals surface area contributed by atoms with Gasteiger partial charge in [-0.25, -0.2) is 17.6 Å². The molecule has 4 amide bonds. The van der Waals surface area contributed by atoms with E-state index in [2.05, 4.69) is 10.6 Å². The third-order valence-corrected chi connectivity index (χ3v) is 12.3. The number of nitrogens with one attached hydrogen (secondary N) is 2. The molecular formula is C42H38F4N6O10. The highest BCUT2D eigenvalue weighted by Gasteiger charge is 2.49. The van der Waals surface area contributed by atoms with Crippen LogP contribution in [0.25, 0.3) is 0 Å². The van der Waals surface area contributed by atoms with Gasteiger partial charge in [-0.15, -0.1) is 0 Å². The van der Waals surface area contributed by atoms with Gasteiger partial charge in [0.05, 0.1) is 25.3 Å². The van der Waals surface area contributed by atoms with E-state index in [9.17, 15) is 56.5 Å². The Hall–Kier alpha value is -6.54. The number of benzene rings is 2. The van der Waals surface area contributed by atoms with Crippen molar-refractivity contribution in [2.24, 2.45) is 0 Å². The number of rotatable bonds is 6. The highest BCUT2D eigenvalue weighted by atomic mass is 19.1. The Morgan fingerprint density at radius 3 is 1.42 bits per heavy atom. The normalized spacial score (nSPS) is 24.0. The van der Waals surface area contributed by atoms with Crippen molar-refractivity contribution in [2.75, 3.05) is 0 Å². The monoisotopic (exact) mass is 862 g/mol. The molecule has 4 bridgehead atoms. The molecule has 0 radical (unpaired) electrons. The molecular weight excluding hydrogens is 824 g/mol. The summed E-state index contributed by atoms with van der Waals surface area (Å²) in [5, 5.41) is 25.7. The first-order valence-electron chi connectivity index (χ1n) is 20.0. The molecule has 2 aromatic heterocycles. The number of nitrogens with zero attached hydrogens (tertiary/aromatic N) is 4. The molecule has 2 saturated heterocycles. The number of pyridine rings is 2. The van der Waals surface area contributed by atoms with E-state index in [1.165, 1.54) is 33.7 Å². The van der Waals surface area contributed by atoms with Crippen LogP contribution < -0.4 is 21.5 Å². The van der Waals surface area contributed by atoms with Gasteiger partial charge in [0.1, 0.15) is 34.4 Å². The van der Waals surface area contributed by atoms with Crippen molar-refractivity contribution in [1.82, 2.24) is 29.6 Å². The molecule has 16 nitrogen and oxygen atoms in total. The molecule has 4 fully saturated rings. The Kier molecular flexibility index (Phi) is 10.4. The van der Waals surface area contributed by atoms with Gasteiger partial charge in [-0.2, -0.15) is 0 Å². The van der Waals surface area contributed by atoms with Gasteiger partial charge in [0.25, 0.3) is 23.6 Å². The van der Waals surface area contributed by atoms with E-state index in [1.807, 2.05) is 0 Å². The molecule has 2 saturated carbocycles. The van der Waals surface area contributed by atoms with E-state index >= 15 is 0 Å². The lowest BCUT2D eigenvalue weighted by atomic mass is 10.1. The first-order valence-corrected chi connectivity index (χ1v) is 20.0. The van der Waals surface area contributed by atoms with Crippen molar-refractivity contribution in [2.45, 2.75) is 101 Å². The Balaban J connectivity index is 0.000000158. The first-order chi connectivity index (χ1) is 29.7. The number of aromatic hydroxyl groups is 2. The van der Waals surface area contributed by atoms with Crippen LogP contribution in [0.2, 0.25) is 0 Å². The molecule has 324 valence electrons. The molecule has 4 aliphatic heterocycles. The summed E-state index contributed by atoms with van der Waals surface area (Å²) in [7, 11) is 0. The fourth-order valence-electron chi connectivity index (χ4n) is 9.30. The maximum absolute atomic E-state index is 13.8. The zero-order chi connectivity index (χ0) is 43.7. The second-order valence-corrected chi connectivity index (χ2v) is 16.1. The average Bonchev–Trinajstić information content (AvgIpc) is 3.80. The molecule has 0 unspecified atom stereocenters. The van der Waals surface area contributed by atoms with Crippen molar-refractivity contribution >= 4 is 23.6 Å². The number of ether oxygens (including phenoxy) is 2. The molecule has 0 spiro atoms. The molecule has 2 aliphatic carbocycles. The molecule has 62 heavy (non-hydrogen) atoms. The largest absolute Gasteiger partial charge is 0.503 e. The maximum atomic E-state index is 13.8.